The second-order valence-electron chi connectivity index (χ2n) is 6.91. The maximum Gasteiger partial charge on any atom is 0.244 e. The topological polar surface area (TPSA) is 108 Å². The van der Waals surface area contributed by atoms with E-state index < -0.39 is 23.6 Å². The fraction of sp³-hybridized carbons (Fsp3) is 0.800. The number of aliphatic hydroxyl groups is 1. The van der Waals surface area contributed by atoms with Crippen LogP contribution in [0.2, 0.25) is 0 Å². The molecule has 23 heavy (non-hydrogen) atoms. The van der Waals surface area contributed by atoms with Gasteiger partial charge in [0.2, 0.25) is 11.8 Å². The van der Waals surface area contributed by atoms with Crippen molar-refractivity contribution in [2.75, 3.05) is 12.8 Å². The third-order valence-electron chi connectivity index (χ3n) is 3.80. The zero-order chi connectivity index (χ0) is 17.8. The van der Waals surface area contributed by atoms with Gasteiger partial charge in [-0.15, -0.1) is 11.8 Å². The van der Waals surface area contributed by atoms with Gasteiger partial charge in [-0.05, 0) is 18.6 Å². The lowest BCUT2D eigenvalue weighted by Crippen LogP contribution is -2.55. The molecule has 1 aliphatic heterocycles. The molecule has 4 N–H and O–H groups in total. The summed E-state index contributed by atoms with van der Waals surface area (Å²) in [6.07, 6.45) is 0.986. The van der Waals surface area contributed by atoms with Crippen molar-refractivity contribution in [1.29, 1.82) is 0 Å². The molecule has 1 rings (SSSR count). The third kappa shape index (κ3) is 5.47. The standard InChI is InChI=1S/C15H28N4O3S/c1-9(17-8-23-5)18-13(21)11-6-10(20)7-19(11)14(22)12(16)15(2,3)4/h8-12,20H,6-7,16H2,1-5H3,(H,18,21)/b17-8-/t9?,10-,11+,12-/m1/s1. The van der Waals surface area contributed by atoms with Crippen molar-refractivity contribution < 1.29 is 14.7 Å². The highest BCUT2D eigenvalue weighted by molar-refractivity contribution is 8.11. The number of β-amino-alcohol motifs (C(OH)–C–C–N with tert-alkyl or cyclic N) is 1. The van der Waals surface area contributed by atoms with Crippen molar-refractivity contribution in [2.24, 2.45) is 16.1 Å². The Morgan fingerprint density at radius 2 is 2.09 bits per heavy atom. The van der Waals surface area contributed by atoms with E-state index in [1.807, 2.05) is 27.0 Å². The number of hydrogen-bond acceptors (Lipinski definition) is 6. The van der Waals surface area contributed by atoms with Gasteiger partial charge in [-0.1, -0.05) is 20.8 Å². The molecule has 1 heterocycles. The van der Waals surface area contributed by atoms with Crippen LogP contribution >= 0.6 is 11.8 Å². The number of thioether (sulfide) groups is 1. The van der Waals surface area contributed by atoms with Crippen molar-refractivity contribution in [3.63, 3.8) is 0 Å². The molecule has 0 aliphatic carbocycles. The molecule has 1 fully saturated rings. The Labute approximate surface area is 142 Å². The largest absolute Gasteiger partial charge is 0.391 e. The predicted molar refractivity (Wildman–Crippen MR) is 93.2 cm³/mol. The normalized spacial score (nSPS) is 24.7. The van der Waals surface area contributed by atoms with Crippen LogP contribution in [0.3, 0.4) is 0 Å². The van der Waals surface area contributed by atoms with Gasteiger partial charge < -0.3 is 21.1 Å². The van der Waals surface area contributed by atoms with Crippen molar-refractivity contribution in [1.82, 2.24) is 10.2 Å². The SMILES string of the molecule is CS/C=N\C(C)NC(=O)[C@@H]1C[C@@H](O)CN1C(=O)[C@@H](N)C(C)(C)C. The summed E-state index contributed by atoms with van der Waals surface area (Å²) >= 11 is 1.44. The van der Waals surface area contributed by atoms with Gasteiger partial charge in [0.15, 0.2) is 0 Å². The molecule has 4 atom stereocenters. The maximum atomic E-state index is 12.6. The van der Waals surface area contributed by atoms with Gasteiger partial charge >= 0.3 is 0 Å². The minimum Gasteiger partial charge on any atom is -0.391 e. The van der Waals surface area contributed by atoms with Crippen LogP contribution in [0.4, 0.5) is 0 Å². The molecule has 1 unspecified atom stereocenters. The highest BCUT2D eigenvalue weighted by Crippen LogP contribution is 2.24. The Morgan fingerprint density at radius 1 is 1.48 bits per heavy atom. The fourth-order valence-electron chi connectivity index (χ4n) is 2.35. The molecule has 0 radical (unpaired) electrons. The van der Waals surface area contributed by atoms with Gasteiger partial charge in [0.05, 0.1) is 17.7 Å². The van der Waals surface area contributed by atoms with E-state index in [2.05, 4.69) is 10.3 Å². The monoisotopic (exact) mass is 344 g/mol. The summed E-state index contributed by atoms with van der Waals surface area (Å²) in [5.74, 6) is -0.628. The van der Waals surface area contributed by atoms with Gasteiger partial charge in [0.25, 0.3) is 0 Å². The Kier molecular flexibility index (Phi) is 7.03. The average molecular weight is 344 g/mol. The summed E-state index contributed by atoms with van der Waals surface area (Å²) in [5, 5.41) is 12.6. The minimum atomic E-state index is -0.727. The molecule has 7 nitrogen and oxygen atoms in total. The average Bonchev–Trinajstić information content (AvgIpc) is 2.84. The number of hydrogen-bond donors (Lipinski definition) is 3. The van der Waals surface area contributed by atoms with Crippen LogP contribution < -0.4 is 11.1 Å². The van der Waals surface area contributed by atoms with Crippen molar-refractivity contribution in [2.45, 2.75) is 58.5 Å². The van der Waals surface area contributed by atoms with Crippen LogP contribution in [-0.2, 0) is 9.59 Å². The van der Waals surface area contributed by atoms with Gasteiger partial charge in [-0.2, -0.15) is 0 Å². The molecule has 0 aromatic carbocycles. The van der Waals surface area contributed by atoms with Crippen LogP contribution in [-0.4, -0.2) is 64.5 Å². The van der Waals surface area contributed by atoms with E-state index in [-0.39, 0.29) is 30.9 Å². The van der Waals surface area contributed by atoms with E-state index in [1.165, 1.54) is 16.7 Å². The molecular formula is C15H28N4O3S. The third-order valence-corrected chi connectivity index (χ3v) is 4.14. The van der Waals surface area contributed by atoms with Gasteiger partial charge in [-0.25, -0.2) is 0 Å². The molecule has 0 spiro atoms. The summed E-state index contributed by atoms with van der Waals surface area (Å²) in [5.41, 5.74) is 7.25. The number of rotatable bonds is 5. The van der Waals surface area contributed by atoms with Crippen LogP contribution in [0.15, 0.2) is 4.99 Å². The van der Waals surface area contributed by atoms with Crippen molar-refractivity contribution in [3.05, 3.63) is 0 Å². The maximum absolute atomic E-state index is 12.6. The number of carbonyl (C=O) groups is 2. The Morgan fingerprint density at radius 3 is 2.61 bits per heavy atom. The van der Waals surface area contributed by atoms with E-state index in [1.54, 1.807) is 12.5 Å². The molecule has 0 aromatic heterocycles. The Hall–Kier alpha value is -1.12. The fourth-order valence-corrected chi connectivity index (χ4v) is 2.65. The first-order valence-corrected chi connectivity index (χ1v) is 8.95. The summed E-state index contributed by atoms with van der Waals surface area (Å²) in [7, 11) is 0. The number of aliphatic hydroxyl groups excluding tert-OH is 1. The van der Waals surface area contributed by atoms with Gasteiger partial charge in [-0.3, -0.25) is 14.6 Å². The highest BCUT2D eigenvalue weighted by atomic mass is 32.2. The molecule has 0 saturated carbocycles. The molecule has 1 aliphatic rings. The number of likely N-dealkylation sites (tertiary alicyclic amines) is 1. The van der Waals surface area contributed by atoms with E-state index in [4.69, 9.17) is 5.73 Å². The van der Waals surface area contributed by atoms with Crippen LogP contribution in [0, 0.1) is 5.41 Å². The Bertz CT molecular complexity index is 464. The smallest absolute Gasteiger partial charge is 0.244 e. The first kappa shape index (κ1) is 19.9. The second kappa shape index (κ2) is 8.12. The first-order chi connectivity index (χ1) is 10.6. The number of aliphatic imine (C=N–C) groups is 1. The highest BCUT2D eigenvalue weighted by Gasteiger charge is 2.42. The molecule has 0 aromatic rings. The molecule has 2 amide bonds. The van der Waals surface area contributed by atoms with E-state index in [0.29, 0.717) is 0 Å². The zero-order valence-corrected chi connectivity index (χ0v) is 15.3. The lowest BCUT2D eigenvalue weighted by atomic mass is 9.86. The number of carbonyl (C=O) groups excluding carboxylic acids is 2. The van der Waals surface area contributed by atoms with Crippen LogP contribution in [0.25, 0.3) is 0 Å². The van der Waals surface area contributed by atoms with Crippen LogP contribution in [0.5, 0.6) is 0 Å². The summed E-state index contributed by atoms with van der Waals surface area (Å²) in [6, 6.07) is -1.44. The molecule has 132 valence electrons. The lowest BCUT2D eigenvalue weighted by Gasteiger charge is -2.32. The quantitative estimate of drug-likeness (QED) is 0.487. The second-order valence-corrected chi connectivity index (χ2v) is 7.60. The van der Waals surface area contributed by atoms with Gasteiger partial charge in [0.1, 0.15) is 12.2 Å². The van der Waals surface area contributed by atoms with Crippen molar-refractivity contribution >= 4 is 29.1 Å². The first-order valence-electron chi connectivity index (χ1n) is 7.66. The molecule has 8 heteroatoms. The minimum absolute atomic E-state index is 0.128. The zero-order valence-electron chi connectivity index (χ0n) is 14.4. The van der Waals surface area contributed by atoms with Crippen LogP contribution in [0.1, 0.15) is 34.1 Å². The number of amides is 2. The molecule has 0 bridgehead atoms. The van der Waals surface area contributed by atoms with E-state index in [9.17, 15) is 14.7 Å². The van der Waals surface area contributed by atoms with Gasteiger partial charge in [0, 0.05) is 13.0 Å². The lowest BCUT2D eigenvalue weighted by molar-refractivity contribution is -0.141. The Balaban J connectivity index is 2.81. The van der Waals surface area contributed by atoms with E-state index in [0.717, 1.165) is 0 Å². The van der Waals surface area contributed by atoms with E-state index >= 15 is 0 Å². The van der Waals surface area contributed by atoms with Crippen molar-refractivity contribution in [3.8, 4) is 0 Å². The summed E-state index contributed by atoms with van der Waals surface area (Å²) in [6.45, 7) is 7.50. The molecule has 1 saturated heterocycles. The number of nitrogens with two attached hydrogens (primary N) is 1. The summed E-state index contributed by atoms with van der Waals surface area (Å²) < 4.78 is 0. The molecular weight excluding hydrogens is 316 g/mol. The summed E-state index contributed by atoms with van der Waals surface area (Å²) in [4.78, 5) is 30.5. The number of nitrogens with zero attached hydrogens (tertiary/aromatic N) is 2. The predicted octanol–water partition coefficient (Wildman–Crippen LogP) is 0.175. The number of nitrogens with one attached hydrogen (secondary N) is 1.